The van der Waals surface area contributed by atoms with E-state index in [1.54, 1.807) is 12.4 Å². The average Bonchev–Trinajstić information content (AvgIpc) is 3.05. The van der Waals surface area contributed by atoms with Crippen LogP contribution in [-0.4, -0.2) is 59.6 Å². The molecule has 23 heavy (non-hydrogen) atoms. The maximum absolute atomic E-state index is 12.2. The molecule has 3 atom stereocenters. The van der Waals surface area contributed by atoms with Gasteiger partial charge in [-0.3, -0.25) is 14.8 Å². The van der Waals surface area contributed by atoms with Crippen LogP contribution in [0.5, 0.6) is 0 Å². The van der Waals surface area contributed by atoms with Crippen LogP contribution in [0.2, 0.25) is 0 Å². The summed E-state index contributed by atoms with van der Waals surface area (Å²) >= 11 is 0. The van der Waals surface area contributed by atoms with Gasteiger partial charge in [0.2, 0.25) is 15.9 Å². The van der Waals surface area contributed by atoms with Gasteiger partial charge >= 0.3 is 0 Å². The number of aryl methyl sites for hydroxylation is 1. The molecule has 2 unspecified atom stereocenters. The normalized spacial score (nSPS) is 27.8. The van der Waals surface area contributed by atoms with Crippen LogP contribution in [0.1, 0.15) is 24.2 Å². The minimum atomic E-state index is -3.26. The predicted octanol–water partition coefficient (Wildman–Crippen LogP) is -0.407. The first kappa shape index (κ1) is 16.3. The van der Waals surface area contributed by atoms with Crippen LogP contribution in [0.3, 0.4) is 0 Å². The molecular weight excluding hydrogens is 320 g/mol. The van der Waals surface area contributed by atoms with Gasteiger partial charge in [-0.1, -0.05) is 0 Å². The zero-order chi connectivity index (χ0) is 16.6. The second-order valence-corrected chi connectivity index (χ2v) is 7.93. The molecular formula is C14H20N4O4S. The first-order valence-electron chi connectivity index (χ1n) is 7.52. The van der Waals surface area contributed by atoms with Crippen molar-refractivity contribution in [2.45, 2.75) is 44.6 Å². The van der Waals surface area contributed by atoms with Crippen LogP contribution in [-0.2, 0) is 26.1 Å². The van der Waals surface area contributed by atoms with Crippen molar-refractivity contribution in [2.75, 3.05) is 12.8 Å². The highest BCUT2D eigenvalue weighted by Gasteiger charge is 2.48. The van der Waals surface area contributed by atoms with E-state index in [9.17, 15) is 13.2 Å². The Morgan fingerprint density at radius 1 is 1.43 bits per heavy atom. The van der Waals surface area contributed by atoms with E-state index in [2.05, 4.69) is 15.3 Å². The highest BCUT2D eigenvalue weighted by Crippen LogP contribution is 2.34. The lowest BCUT2D eigenvalue weighted by atomic mass is 10.1. The van der Waals surface area contributed by atoms with Gasteiger partial charge in [0.25, 0.3) is 0 Å². The molecule has 2 aliphatic rings. The number of amides is 1. The smallest absolute Gasteiger partial charge is 0.249 e. The maximum Gasteiger partial charge on any atom is 0.249 e. The van der Waals surface area contributed by atoms with E-state index in [1.807, 2.05) is 6.92 Å². The molecule has 1 aromatic rings. The lowest BCUT2D eigenvalue weighted by Gasteiger charge is -2.19. The van der Waals surface area contributed by atoms with Crippen molar-refractivity contribution in [3.63, 3.8) is 0 Å². The number of hydrogen-bond donors (Lipinski definition) is 1. The standard InChI is InChI=1S/C14H20N4O4S/c1-9-6-16-10(7-15-9)8-17-14(19)13-5-11-12(22-13)3-4-18(11)23(2,20)21/h6-7,11-13H,3-5,8H2,1-2H3,(H,17,19)/t11?,12?,13-/m1/s1. The highest BCUT2D eigenvalue weighted by molar-refractivity contribution is 7.88. The highest BCUT2D eigenvalue weighted by atomic mass is 32.2. The second kappa shape index (κ2) is 6.14. The van der Waals surface area contributed by atoms with Crippen molar-refractivity contribution >= 4 is 15.9 Å². The van der Waals surface area contributed by atoms with E-state index in [0.717, 1.165) is 5.69 Å². The number of aromatic nitrogens is 2. The van der Waals surface area contributed by atoms with E-state index in [-0.39, 0.29) is 24.6 Å². The van der Waals surface area contributed by atoms with Crippen LogP contribution in [0, 0.1) is 6.92 Å². The number of carbonyl (C=O) groups excluding carboxylic acids is 1. The van der Waals surface area contributed by atoms with Crippen molar-refractivity contribution < 1.29 is 17.9 Å². The van der Waals surface area contributed by atoms with Gasteiger partial charge in [-0.2, -0.15) is 4.31 Å². The Kier molecular flexibility index (Phi) is 4.35. The predicted molar refractivity (Wildman–Crippen MR) is 81.8 cm³/mol. The van der Waals surface area contributed by atoms with Crippen LogP contribution < -0.4 is 5.32 Å². The first-order chi connectivity index (χ1) is 10.8. The van der Waals surface area contributed by atoms with Crippen LogP contribution >= 0.6 is 0 Å². The van der Waals surface area contributed by atoms with Crippen molar-refractivity contribution in [1.29, 1.82) is 0 Å². The summed E-state index contributed by atoms with van der Waals surface area (Å²) < 4.78 is 30.7. The Morgan fingerprint density at radius 3 is 2.87 bits per heavy atom. The third-order valence-electron chi connectivity index (χ3n) is 4.22. The van der Waals surface area contributed by atoms with Gasteiger partial charge in [0.1, 0.15) is 6.10 Å². The first-order valence-corrected chi connectivity index (χ1v) is 9.37. The molecule has 2 aliphatic heterocycles. The molecule has 0 aliphatic carbocycles. The number of sulfonamides is 1. The number of ether oxygens (including phenoxy) is 1. The molecule has 0 aromatic carbocycles. The molecule has 0 saturated carbocycles. The molecule has 3 rings (SSSR count). The van der Waals surface area contributed by atoms with Crippen molar-refractivity contribution in [3.05, 3.63) is 23.8 Å². The lowest BCUT2D eigenvalue weighted by Crippen LogP contribution is -2.38. The lowest BCUT2D eigenvalue weighted by molar-refractivity contribution is -0.132. The number of nitrogens with zero attached hydrogens (tertiary/aromatic N) is 3. The van der Waals surface area contributed by atoms with Crippen LogP contribution in [0.25, 0.3) is 0 Å². The molecule has 0 bridgehead atoms. The fourth-order valence-corrected chi connectivity index (χ4v) is 4.25. The maximum atomic E-state index is 12.2. The van der Waals surface area contributed by atoms with Crippen LogP contribution in [0.15, 0.2) is 12.4 Å². The molecule has 3 heterocycles. The Morgan fingerprint density at radius 2 is 2.22 bits per heavy atom. The number of hydrogen-bond acceptors (Lipinski definition) is 6. The van der Waals surface area contributed by atoms with Gasteiger partial charge in [-0.25, -0.2) is 8.42 Å². The Hall–Kier alpha value is -1.58. The monoisotopic (exact) mass is 340 g/mol. The van der Waals surface area contributed by atoms with E-state index in [4.69, 9.17) is 4.74 Å². The summed E-state index contributed by atoms with van der Waals surface area (Å²) in [4.78, 5) is 20.5. The number of rotatable bonds is 4. The number of fused-ring (bicyclic) bond motifs is 1. The molecule has 1 aromatic heterocycles. The Bertz CT molecular complexity index is 691. The zero-order valence-electron chi connectivity index (χ0n) is 13.1. The van der Waals surface area contributed by atoms with Gasteiger partial charge < -0.3 is 10.1 Å². The Balaban J connectivity index is 1.57. The zero-order valence-corrected chi connectivity index (χ0v) is 13.9. The molecule has 126 valence electrons. The summed E-state index contributed by atoms with van der Waals surface area (Å²) in [5.41, 5.74) is 1.48. The minimum Gasteiger partial charge on any atom is -0.363 e. The van der Waals surface area contributed by atoms with Crippen molar-refractivity contribution in [3.8, 4) is 0 Å². The van der Waals surface area contributed by atoms with E-state index >= 15 is 0 Å². The van der Waals surface area contributed by atoms with E-state index in [0.29, 0.717) is 25.1 Å². The van der Waals surface area contributed by atoms with Gasteiger partial charge in [-0.05, 0) is 13.3 Å². The van der Waals surface area contributed by atoms with Crippen molar-refractivity contribution in [1.82, 2.24) is 19.6 Å². The largest absolute Gasteiger partial charge is 0.363 e. The molecule has 0 radical (unpaired) electrons. The summed E-state index contributed by atoms with van der Waals surface area (Å²) in [5.74, 6) is -0.241. The molecule has 2 saturated heterocycles. The fraction of sp³-hybridized carbons (Fsp3) is 0.643. The molecule has 0 spiro atoms. The van der Waals surface area contributed by atoms with E-state index in [1.165, 1.54) is 10.6 Å². The fourth-order valence-electron chi connectivity index (χ4n) is 3.09. The Labute approximate surface area is 135 Å². The summed E-state index contributed by atoms with van der Waals surface area (Å²) in [7, 11) is -3.26. The van der Waals surface area contributed by atoms with Crippen LogP contribution in [0.4, 0.5) is 0 Å². The molecule has 2 fully saturated rings. The molecule has 1 N–H and O–H groups in total. The minimum absolute atomic E-state index is 0.195. The molecule has 1 amide bonds. The summed E-state index contributed by atoms with van der Waals surface area (Å²) in [6.07, 6.45) is 4.66. The number of nitrogens with one attached hydrogen (secondary N) is 1. The SMILES string of the molecule is Cc1cnc(CNC(=O)[C@H]2CC3C(CCN3S(C)(=O)=O)O2)cn1. The average molecular weight is 340 g/mol. The topological polar surface area (TPSA) is 101 Å². The van der Waals surface area contributed by atoms with Gasteiger partial charge in [-0.15, -0.1) is 0 Å². The summed E-state index contributed by atoms with van der Waals surface area (Å²) in [6.45, 7) is 2.58. The van der Waals surface area contributed by atoms with Gasteiger partial charge in [0.05, 0.1) is 42.5 Å². The summed E-state index contributed by atoms with van der Waals surface area (Å²) in [5, 5.41) is 2.77. The van der Waals surface area contributed by atoms with E-state index < -0.39 is 16.1 Å². The van der Waals surface area contributed by atoms with Gasteiger partial charge in [0.15, 0.2) is 0 Å². The quantitative estimate of drug-likeness (QED) is 0.800. The third kappa shape index (κ3) is 3.51. The molecule has 8 nitrogen and oxygen atoms in total. The third-order valence-corrected chi connectivity index (χ3v) is 5.53. The summed E-state index contributed by atoms with van der Waals surface area (Å²) in [6, 6.07) is -0.236. The second-order valence-electron chi connectivity index (χ2n) is 6.00. The van der Waals surface area contributed by atoms with Crippen molar-refractivity contribution in [2.24, 2.45) is 0 Å². The number of carbonyl (C=O) groups is 1. The molecule has 9 heteroatoms. The van der Waals surface area contributed by atoms with Gasteiger partial charge in [0, 0.05) is 19.2 Å².